The van der Waals surface area contributed by atoms with Crippen LogP contribution >= 0.6 is 0 Å². The van der Waals surface area contributed by atoms with E-state index in [1.54, 1.807) is 0 Å². The van der Waals surface area contributed by atoms with Gasteiger partial charge in [0.1, 0.15) is 0 Å². The summed E-state index contributed by atoms with van der Waals surface area (Å²) in [7, 11) is 0. The van der Waals surface area contributed by atoms with Gasteiger partial charge in [0.2, 0.25) is 0 Å². The molecule has 14 heavy (non-hydrogen) atoms. The van der Waals surface area contributed by atoms with E-state index in [4.69, 9.17) is 5.84 Å². The normalized spacial score (nSPS) is 15.9. The van der Waals surface area contributed by atoms with Gasteiger partial charge in [-0.25, -0.2) is 0 Å². The summed E-state index contributed by atoms with van der Waals surface area (Å²) >= 11 is 0. The van der Waals surface area contributed by atoms with Gasteiger partial charge >= 0.3 is 0 Å². The molecule has 2 rings (SSSR count). The van der Waals surface area contributed by atoms with Crippen molar-refractivity contribution in [2.45, 2.75) is 39.0 Å². The first kappa shape index (κ1) is 9.46. The lowest BCUT2D eigenvalue weighted by Crippen LogP contribution is -2.12. The number of anilines is 1. The summed E-state index contributed by atoms with van der Waals surface area (Å²) in [5, 5.41) is 0. The predicted octanol–water partition coefficient (Wildman–Crippen LogP) is 1.94. The Hall–Kier alpha value is -1.09. The maximum atomic E-state index is 5.52. The number of rotatable bonds is 1. The summed E-state index contributed by atoms with van der Waals surface area (Å²) in [6, 6.07) is 2.03. The number of aromatic nitrogens is 1. The minimum absolute atomic E-state index is 1.05. The van der Waals surface area contributed by atoms with E-state index in [0.29, 0.717) is 0 Å². The molecule has 1 aromatic heterocycles. The molecule has 1 aromatic rings. The zero-order valence-corrected chi connectivity index (χ0v) is 8.64. The van der Waals surface area contributed by atoms with E-state index >= 15 is 0 Å². The quantitative estimate of drug-likeness (QED) is 0.405. The number of fused-ring (bicyclic) bond motifs is 1. The molecule has 0 fully saturated rings. The Labute approximate surface area is 84.7 Å². The zero-order chi connectivity index (χ0) is 9.97. The largest absolute Gasteiger partial charge is 0.324 e. The van der Waals surface area contributed by atoms with Crippen molar-refractivity contribution in [1.29, 1.82) is 0 Å². The van der Waals surface area contributed by atoms with Crippen molar-refractivity contribution in [2.75, 3.05) is 5.43 Å². The molecule has 0 bridgehead atoms. The average Bonchev–Trinajstić information content (AvgIpc) is 2.41. The summed E-state index contributed by atoms with van der Waals surface area (Å²) in [4.78, 5) is 4.59. The van der Waals surface area contributed by atoms with Crippen LogP contribution in [-0.4, -0.2) is 4.98 Å². The monoisotopic (exact) mass is 191 g/mol. The Morgan fingerprint density at radius 1 is 1.29 bits per heavy atom. The number of nitrogens with two attached hydrogens (primary N) is 1. The van der Waals surface area contributed by atoms with Gasteiger partial charge in [0, 0.05) is 11.4 Å². The average molecular weight is 191 g/mol. The van der Waals surface area contributed by atoms with Crippen molar-refractivity contribution in [3.8, 4) is 0 Å². The molecule has 0 unspecified atom stereocenters. The van der Waals surface area contributed by atoms with Gasteiger partial charge in [0.25, 0.3) is 0 Å². The maximum Gasteiger partial charge on any atom is 0.0553 e. The Kier molecular flexibility index (Phi) is 2.68. The van der Waals surface area contributed by atoms with Gasteiger partial charge in [-0.3, -0.25) is 10.8 Å². The third-order valence-electron chi connectivity index (χ3n) is 2.83. The summed E-state index contributed by atoms with van der Waals surface area (Å²) in [6.45, 7) is 2.02. The SMILES string of the molecule is Cc1cc(NN)c2c(n1)CCCCC2. The van der Waals surface area contributed by atoms with Gasteiger partial charge in [-0.15, -0.1) is 0 Å². The van der Waals surface area contributed by atoms with Crippen molar-refractivity contribution in [3.05, 3.63) is 23.0 Å². The fourth-order valence-corrected chi connectivity index (χ4v) is 2.15. The van der Waals surface area contributed by atoms with Crippen molar-refractivity contribution >= 4 is 5.69 Å². The minimum atomic E-state index is 1.05. The lowest BCUT2D eigenvalue weighted by Gasteiger charge is -2.12. The number of hydrazine groups is 1. The topological polar surface area (TPSA) is 50.9 Å². The van der Waals surface area contributed by atoms with Crippen LogP contribution in [-0.2, 0) is 12.8 Å². The molecular weight excluding hydrogens is 174 g/mol. The first-order valence-electron chi connectivity index (χ1n) is 5.27. The molecule has 0 aliphatic heterocycles. The molecular formula is C11H17N3. The predicted molar refractivity (Wildman–Crippen MR) is 58.0 cm³/mol. The molecule has 0 aromatic carbocycles. The molecule has 1 heterocycles. The smallest absolute Gasteiger partial charge is 0.0553 e. The number of nitrogen functional groups attached to an aromatic ring is 1. The second-order valence-corrected chi connectivity index (χ2v) is 3.94. The Balaban J connectivity index is 2.46. The van der Waals surface area contributed by atoms with Crippen LogP contribution in [0, 0.1) is 6.92 Å². The molecule has 3 heteroatoms. The van der Waals surface area contributed by atoms with Crippen LogP contribution < -0.4 is 11.3 Å². The highest BCUT2D eigenvalue weighted by Gasteiger charge is 2.13. The number of nitrogens with one attached hydrogen (secondary N) is 1. The number of pyridine rings is 1. The lowest BCUT2D eigenvalue weighted by molar-refractivity contribution is 0.708. The van der Waals surface area contributed by atoms with E-state index in [2.05, 4.69) is 10.4 Å². The molecule has 0 saturated heterocycles. The third kappa shape index (κ3) is 1.73. The summed E-state index contributed by atoms with van der Waals surface area (Å²) < 4.78 is 0. The Bertz CT molecular complexity index is 334. The highest BCUT2D eigenvalue weighted by Crippen LogP contribution is 2.25. The molecule has 3 nitrogen and oxygen atoms in total. The summed E-state index contributed by atoms with van der Waals surface area (Å²) in [5.74, 6) is 5.52. The van der Waals surface area contributed by atoms with Gasteiger partial charge in [-0.05, 0) is 44.2 Å². The van der Waals surface area contributed by atoms with Crippen LogP contribution in [0.25, 0.3) is 0 Å². The van der Waals surface area contributed by atoms with Crippen molar-refractivity contribution in [1.82, 2.24) is 4.98 Å². The van der Waals surface area contributed by atoms with Crippen molar-refractivity contribution in [2.24, 2.45) is 5.84 Å². The van der Waals surface area contributed by atoms with Gasteiger partial charge < -0.3 is 5.43 Å². The second-order valence-electron chi connectivity index (χ2n) is 3.94. The van der Waals surface area contributed by atoms with Crippen LogP contribution in [0.1, 0.15) is 36.2 Å². The first-order valence-corrected chi connectivity index (χ1v) is 5.27. The van der Waals surface area contributed by atoms with Crippen LogP contribution in [0.4, 0.5) is 5.69 Å². The number of aryl methyl sites for hydroxylation is 2. The van der Waals surface area contributed by atoms with Gasteiger partial charge in [0.05, 0.1) is 5.69 Å². The fourth-order valence-electron chi connectivity index (χ4n) is 2.15. The van der Waals surface area contributed by atoms with E-state index in [9.17, 15) is 0 Å². The summed E-state index contributed by atoms with van der Waals surface area (Å²) in [6.07, 6.45) is 6.03. The molecule has 76 valence electrons. The standard InChI is InChI=1S/C11H17N3/c1-8-7-11(14-12)9-5-3-2-4-6-10(9)13-8/h7H,2-6,12H2,1H3,(H,13,14). The van der Waals surface area contributed by atoms with E-state index in [1.165, 1.54) is 30.5 Å². The Morgan fingerprint density at radius 3 is 2.86 bits per heavy atom. The highest BCUT2D eigenvalue weighted by molar-refractivity contribution is 5.53. The molecule has 3 N–H and O–H groups in total. The molecule has 0 spiro atoms. The number of hydrogen-bond donors (Lipinski definition) is 2. The molecule has 0 radical (unpaired) electrons. The minimum Gasteiger partial charge on any atom is -0.324 e. The van der Waals surface area contributed by atoms with Crippen molar-refractivity contribution in [3.63, 3.8) is 0 Å². The second kappa shape index (κ2) is 3.96. The molecule has 1 aliphatic rings. The van der Waals surface area contributed by atoms with Crippen LogP contribution in [0.15, 0.2) is 6.07 Å². The van der Waals surface area contributed by atoms with Gasteiger partial charge in [-0.1, -0.05) is 6.42 Å². The van der Waals surface area contributed by atoms with E-state index in [-0.39, 0.29) is 0 Å². The van der Waals surface area contributed by atoms with Gasteiger partial charge in [0.15, 0.2) is 0 Å². The van der Waals surface area contributed by atoms with Crippen molar-refractivity contribution < 1.29 is 0 Å². The first-order chi connectivity index (χ1) is 6.81. The van der Waals surface area contributed by atoms with Crippen LogP contribution in [0.5, 0.6) is 0 Å². The van der Waals surface area contributed by atoms with E-state index in [0.717, 1.165) is 24.2 Å². The number of hydrogen-bond acceptors (Lipinski definition) is 3. The molecule has 0 saturated carbocycles. The van der Waals surface area contributed by atoms with Crippen LogP contribution in [0.3, 0.4) is 0 Å². The lowest BCUT2D eigenvalue weighted by atomic mass is 10.1. The van der Waals surface area contributed by atoms with E-state index in [1.807, 2.05) is 13.0 Å². The van der Waals surface area contributed by atoms with Crippen LogP contribution in [0.2, 0.25) is 0 Å². The Morgan fingerprint density at radius 2 is 2.07 bits per heavy atom. The molecule has 0 amide bonds. The summed E-state index contributed by atoms with van der Waals surface area (Å²) in [5.41, 5.74) is 7.48. The third-order valence-corrected chi connectivity index (χ3v) is 2.83. The molecule has 0 atom stereocenters. The van der Waals surface area contributed by atoms with E-state index < -0.39 is 0 Å². The highest BCUT2D eigenvalue weighted by atomic mass is 15.2. The fraction of sp³-hybridized carbons (Fsp3) is 0.545. The molecule has 1 aliphatic carbocycles. The zero-order valence-electron chi connectivity index (χ0n) is 8.64. The maximum absolute atomic E-state index is 5.52. The van der Waals surface area contributed by atoms with Gasteiger partial charge in [-0.2, -0.15) is 0 Å². The number of nitrogens with zero attached hydrogens (tertiary/aromatic N) is 1.